The van der Waals surface area contributed by atoms with Crippen LogP contribution in [0.15, 0.2) is 0 Å². The summed E-state index contributed by atoms with van der Waals surface area (Å²) in [5.74, 6) is 1.83. The van der Waals surface area contributed by atoms with Gasteiger partial charge in [-0.05, 0) is 50.5 Å². The summed E-state index contributed by atoms with van der Waals surface area (Å²) in [6.45, 7) is 5.55. The van der Waals surface area contributed by atoms with E-state index in [0.717, 1.165) is 31.1 Å². The predicted molar refractivity (Wildman–Crippen MR) is 72.2 cm³/mol. The highest BCUT2D eigenvalue weighted by molar-refractivity contribution is 4.75. The molecule has 3 atom stereocenters. The lowest BCUT2D eigenvalue weighted by Crippen LogP contribution is -2.30. The molecule has 2 fully saturated rings. The van der Waals surface area contributed by atoms with Gasteiger partial charge in [0, 0.05) is 19.3 Å². The van der Waals surface area contributed by atoms with Gasteiger partial charge in [-0.1, -0.05) is 26.2 Å². The Labute approximate surface area is 107 Å². The molecule has 1 saturated carbocycles. The lowest BCUT2D eigenvalue weighted by molar-refractivity contribution is 0.184. The van der Waals surface area contributed by atoms with Crippen LogP contribution in [0, 0.1) is 11.8 Å². The fourth-order valence-corrected chi connectivity index (χ4v) is 3.29. The molecule has 2 rings (SSSR count). The minimum absolute atomic E-state index is 0.800. The molecule has 2 aliphatic rings. The molecule has 1 saturated heterocycles. The summed E-state index contributed by atoms with van der Waals surface area (Å²) < 4.78 is 5.42. The monoisotopic (exact) mass is 239 g/mol. The van der Waals surface area contributed by atoms with E-state index in [1.807, 2.05) is 0 Å². The minimum Gasteiger partial charge on any atom is -0.381 e. The Morgan fingerprint density at radius 3 is 2.76 bits per heavy atom. The number of ether oxygens (including phenoxy) is 1. The summed E-state index contributed by atoms with van der Waals surface area (Å²) in [7, 11) is 0. The van der Waals surface area contributed by atoms with Crippen LogP contribution >= 0.6 is 0 Å². The van der Waals surface area contributed by atoms with Gasteiger partial charge < -0.3 is 10.1 Å². The second-order valence-electron chi connectivity index (χ2n) is 5.95. The van der Waals surface area contributed by atoms with Crippen LogP contribution in [-0.2, 0) is 4.74 Å². The van der Waals surface area contributed by atoms with Gasteiger partial charge in [-0.2, -0.15) is 0 Å². The van der Waals surface area contributed by atoms with Crippen molar-refractivity contribution in [3.8, 4) is 0 Å². The van der Waals surface area contributed by atoms with E-state index in [1.54, 1.807) is 0 Å². The molecule has 2 heteroatoms. The Bertz CT molecular complexity index is 201. The third-order valence-electron chi connectivity index (χ3n) is 4.68. The average Bonchev–Trinajstić information content (AvgIpc) is 2.75. The van der Waals surface area contributed by atoms with Gasteiger partial charge in [0.2, 0.25) is 0 Å². The van der Waals surface area contributed by atoms with Crippen molar-refractivity contribution in [1.82, 2.24) is 5.32 Å². The topological polar surface area (TPSA) is 21.3 Å². The molecule has 1 aliphatic carbocycles. The zero-order valence-electron chi connectivity index (χ0n) is 11.4. The Kier molecular flexibility index (Phi) is 5.79. The van der Waals surface area contributed by atoms with E-state index in [0.29, 0.717) is 0 Å². The second kappa shape index (κ2) is 7.38. The van der Waals surface area contributed by atoms with E-state index in [2.05, 4.69) is 12.2 Å². The van der Waals surface area contributed by atoms with Crippen molar-refractivity contribution >= 4 is 0 Å². The maximum Gasteiger partial charge on any atom is 0.0495 e. The Morgan fingerprint density at radius 1 is 1.06 bits per heavy atom. The van der Waals surface area contributed by atoms with Crippen molar-refractivity contribution in [2.45, 2.75) is 64.3 Å². The predicted octanol–water partition coefficient (Wildman–Crippen LogP) is 3.36. The van der Waals surface area contributed by atoms with Crippen LogP contribution in [-0.4, -0.2) is 25.8 Å². The lowest BCUT2D eigenvalue weighted by atomic mass is 9.98. The standard InChI is InChI=1S/C15H29NO/c1-2-13-4-3-5-15(7-6-13)16-10-8-14-9-11-17-12-14/h13-16H,2-12H2,1H3. The van der Waals surface area contributed by atoms with Gasteiger partial charge in [-0.15, -0.1) is 0 Å². The summed E-state index contributed by atoms with van der Waals surface area (Å²) in [6, 6.07) is 0.800. The second-order valence-corrected chi connectivity index (χ2v) is 5.95. The first-order valence-corrected chi connectivity index (χ1v) is 7.69. The quantitative estimate of drug-likeness (QED) is 0.743. The van der Waals surface area contributed by atoms with Crippen molar-refractivity contribution in [1.29, 1.82) is 0 Å². The van der Waals surface area contributed by atoms with Gasteiger partial charge >= 0.3 is 0 Å². The maximum atomic E-state index is 5.42. The molecule has 1 N–H and O–H groups in total. The molecule has 0 spiro atoms. The van der Waals surface area contributed by atoms with Crippen molar-refractivity contribution < 1.29 is 4.74 Å². The summed E-state index contributed by atoms with van der Waals surface area (Å²) >= 11 is 0. The van der Waals surface area contributed by atoms with Gasteiger partial charge in [0.1, 0.15) is 0 Å². The van der Waals surface area contributed by atoms with Crippen LogP contribution in [0.25, 0.3) is 0 Å². The van der Waals surface area contributed by atoms with E-state index < -0.39 is 0 Å². The first-order valence-electron chi connectivity index (χ1n) is 7.69. The third kappa shape index (κ3) is 4.59. The number of hydrogen-bond donors (Lipinski definition) is 1. The molecule has 17 heavy (non-hydrogen) atoms. The summed E-state index contributed by atoms with van der Waals surface area (Å²) in [4.78, 5) is 0. The molecule has 1 heterocycles. The van der Waals surface area contributed by atoms with E-state index >= 15 is 0 Å². The highest BCUT2D eigenvalue weighted by Crippen LogP contribution is 2.25. The highest BCUT2D eigenvalue weighted by atomic mass is 16.5. The molecular formula is C15H29NO. The first kappa shape index (κ1) is 13.4. The van der Waals surface area contributed by atoms with E-state index in [9.17, 15) is 0 Å². The molecule has 2 nitrogen and oxygen atoms in total. The Balaban J connectivity index is 1.58. The summed E-state index contributed by atoms with van der Waals surface area (Å²) in [5, 5.41) is 3.78. The third-order valence-corrected chi connectivity index (χ3v) is 4.68. The molecule has 100 valence electrons. The van der Waals surface area contributed by atoms with Crippen LogP contribution in [0.1, 0.15) is 58.3 Å². The molecule has 0 bridgehead atoms. The maximum absolute atomic E-state index is 5.42. The SMILES string of the molecule is CCC1CCCC(NCCC2CCOC2)CC1. The van der Waals surface area contributed by atoms with Gasteiger partial charge in [0.25, 0.3) is 0 Å². The normalized spacial score (nSPS) is 34.8. The van der Waals surface area contributed by atoms with E-state index in [-0.39, 0.29) is 0 Å². The zero-order chi connectivity index (χ0) is 11.9. The number of rotatable bonds is 5. The van der Waals surface area contributed by atoms with Gasteiger partial charge in [-0.25, -0.2) is 0 Å². The lowest BCUT2D eigenvalue weighted by Gasteiger charge is -2.17. The first-order chi connectivity index (χ1) is 8.38. The minimum atomic E-state index is 0.800. The van der Waals surface area contributed by atoms with Crippen LogP contribution < -0.4 is 5.32 Å². The number of nitrogens with one attached hydrogen (secondary N) is 1. The summed E-state index contributed by atoms with van der Waals surface area (Å²) in [6.07, 6.45) is 11.1. The van der Waals surface area contributed by atoms with Gasteiger partial charge in [-0.3, -0.25) is 0 Å². The smallest absolute Gasteiger partial charge is 0.0495 e. The van der Waals surface area contributed by atoms with Crippen molar-refractivity contribution in [2.24, 2.45) is 11.8 Å². The summed E-state index contributed by atoms with van der Waals surface area (Å²) in [5.41, 5.74) is 0. The van der Waals surface area contributed by atoms with Crippen LogP contribution in [0.2, 0.25) is 0 Å². The zero-order valence-corrected chi connectivity index (χ0v) is 11.4. The number of hydrogen-bond acceptors (Lipinski definition) is 2. The fourth-order valence-electron chi connectivity index (χ4n) is 3.29. The van der Waals surface area contributed by atoms with Crippen molar-refractivity contribution in [3.63, 3.8) is 0 Å². The van der Waals surface area contributed by atoms with Crippen LogP contribution in [0.4, 0.5) is 0 Å². The molecule has 0 radical (unpaired) electrons. The molecular weight excluding hydrogens is 210 g/mol. The van der Waals surface area contributed by atoms with Gasteiger partial charge in [0.05, 0.1) is 0 Å². The van der Waals surface area contributed by atoms with Crippen molar-refractivity contribution in [2.75, 3.05) is 19.8 Å². The Hall–Kier alpha value is -0.0800. The molecule has 0 aromatic carbocycles. The van der Waals surface area contributed by atoms with E-state index in [4.69, 9.17) is 4.74 Å². The highest BCUT2D eigenvalue weighted by Gasteiger charge is 2.19. The molecule has 3 unspecified atom stereocenters. The van der Waals surface area contributed by atoms with Crippen LogP contribution in [0.5, 0.6) is 0 Å². The van der Waals surface area contributed by atoms with Crippen molar-refractivity contribution in [3.05, 3.63) is 0 Å². The molecule has 0 amide bonds. The molecule has 0 aromatic rings. The van der Waals surface area contributed by atoms with Gasteiger partial charge in [0.15, 0.2) is 0 Å². The molecule has 0 aromatic heterocycles. The van der Waals surface area contributed by atoms with E-state index in [1.165, 1.54) is 57.9 Å². The molecule has 1 aliphatic heterocycles. The largest absolute Gasteiger partial charge is 0.381 e. The fraction of sp³-hybridized carbons (Fsp3) is 1.00. The van der Waals surface area contributed by atoms with Crippen LogP contribution in [0.3, 0.4) is 0 Å². The Morgan fingerprint density at radius 2 is 2.00 bits per heavy atom. The average molecular weight is 239 g/mol.